The summed E-state index contributed by atoms with van der Waals surface area (Å²) in [7, 11) is 0. The summed E-state index contributed by atoms with van der Waals surface area (Å²) in [5.41, 5.74) is 3.13. The quantitative estimate of drug-likeness (QED) is 0.859. The Kier molecular flexibility index (Phi) is 4.68. The molecule has 1 atom stereocenters. The van der Waals surface area contributed by atoms with Crippen molar-refractivity contribution in [2.24, 2.45) is 0 Å². The zero-order valence-electron chi connectivity index (χ0n) is 12.7. The fourth-order valence-corrected chi connectivity index (χ4v) is 2.49. The summed E-state index contributed by atoms with van der Waals surface area (Å²) in [6.45, 7) is 6.16. The fourth-order valence-electron chi connectivity index (χ4n) is 2.49. The van der Waals surface area contributed by atoms with E-state index in [4.69, 9.17) is 4.74 Å². The number of nitrogens with zero attached hydrogens (tertiary/aromatic N) is 1. The van der Waals surface area contributed by atoms with Gasteiger partial charge in [0, 0.05) is 18.3 Å². The Morgan fingerprint density at radius 3 is 2.48 bits per heavy atom. The molecule has 21 heavy (non-hydrogen) atoms. The molecule has 0 unspecified atom stereocenters. The number of carbonyl (C=O) groups excluding carboxylic acids is 1. The molecule has 1 heterocycles. The van der Waals surface area contributed by atoms with Crippen LogP contribution < -0.4 is 0 Å². The van der Waals surface area contributed by atoms with Gasteiger partial charge in [-0.15, -0.1) is 0 Å². The van der Waals surface area contributed by atoms with Gasteiger partial charge in [0.2, 0.25) is 0 Å². The zero-order chi connectivity index (χ0) is 15.4. The predicted molar refractivity (Wildman–Crippen MR) is 81.4 cm³/mol. The maximum atomic E-state index is 12.3. The molecule has 112 valence electrons. The number of hydrogen-bond acceptors (Lipinski definition) is 3. The Labute approximate surface area is 125 Å². The summed E-state index contributed by atoms with van der Waals surface area (Å²) in [6.07, 6.45) is 2.51. The number of aromatic nitrogens is 1. The number of carbonyl (C=O) groups is 1. The number of aryl methyl sites for hydroxylation is 2. The van der Waals surface area contributed by atoms with Gasteiger partial charge in [0.05, 0.1) is 6.61 Å². The molecule has 0 bridgehead atoms. The Morgan fingerprint density at radius 2 is 1.95 bits per heavy atom. The summed E-state index contributed by atoms with van der Waals surface area (Å²) in [6, 6.07) is 8.57. The van der Waals surface area contributed by atoms with Crippen molar-refractivity contribution in [1.82, 2.24) is 4.57 Å². The first-order valence-electron chi connectivity index (χ1n) is 7.11. The lowest BCUT2D eigenvalue weighted by molar-refractivity contribution is -0.147. The molecule has 4 heteroatoms. The summed E-state index contributed by atoms with van der Waals surface area (Å²) >= 11 is 0. The van der Waals surface area contributed by atoms with E-state index in [2.05, 4.69) is 0 Å². The van der Waals surface area contributed by atoms with Gasteiger partial charge in [-0.2, -0.15) is 0 Å². The summed E-state index contributed by atoms with van der Waals surface area (Å²) in [5.74, 6) is -0.0105. The highest BCUT2D eigenvalue weighted by atomic mass is 16.5. The average Bonchev–Trinajstić information content (AvgIpc) is 2.77. The van der Waals surface area contributed by atoms with E-state index >= 15 is 0 Å². The highest BCUT2D eigenvalue weighted by molar-refractivity contribution is 5.75. The lowest BCUT2D eigenvalue weighted by Gasteiger charge is -2.19. The molecule has 0 aliphatic carbocycles. The van der Waals surface area contributed by atoms with Gasteiger partial charge in [-0.05, 0) is 50.1 Å². The van der Waals surface area contributed by atoms with Crippen LogP contribution in [-0.2, 0) is 16.0 Å². The number of hydrogen-bond donors (Lipinski definition) is 1. The Balaban J connectivity index is 2.30. The molecule has 2 aromatic rings. The maximum absolute atomic E-state index is 12.3. The van der Waals surface area contributed by atoms with Crippen LogP contribution in [0.3, 0.4) is 0 Å². The van der Waals surface area contributed by atoms with Crippen LogP contribution in [0.25, 0.3) is 0 Å². The van der Waals surface area contributed by atoms with Crippen LogP contribution in [0, 0.1) is 13.8 Å². The van der Waals surface area contributed by atoms with Gasteiger partial charge in [-0.3, -0.25) is 0 Å². The van der Waals surface area contributed by atoms with Gasteiger partial charge in [0.15, 0.2) is 0 Å². The normalized spacial score (nSPS) is 12.1. The number of benzene rings is 1. The third-order valence-electron chi connectivity index (χ3n) is 3.45. The van der Waals surface area contributed by atoms with Crippen LogP contribution >= 0.6 is 0 Å². The molecule has 0 fully saturated rings. The summed E-state index contributed by atoms with van der Waals surface area (Å²) < 4.78 is 7.17. The second-order valence-electron chi connectivity index (χ2n) is 5.20. The third-order valence-corrected chi connectivity index (χ3v) is 3.45. The van der Waals surface area contributed by atoms with Crippen molar-refractivity contribution in [3.05, 3.63) is 53.3 Å². The van der Waals surface area contributed by atoms with E-state index in [9.17, 15) is 9.90 Å². The first-order valence-corrected chi connectivity index (χ1v) is 7.11. The van der Waals surface area contributed by atoms with Crippen LogP contribution in [-0.4, -0.2) is 22.2 Å². The molecule has 0 amide bonds. The van der Waals surface area contributed by atoms with E-state index in [0.29, 0.717) is 13.0 Å². The molecule has 1 aromatic carbocycles. The zero-order valence-corrected chi connectivity index (χ0v) is 12.7. The van der Waals surface area contributed by atoms with E-state index in [1.54, 1.807) is 12.1 Å². The standard InChI is InChI=1S/C17H21NO3/c1-4-21-17(20)16(18-11-12(2)9-13(18)3)10-14-5-7-15(19)8-6-14/h5-9,11,16,19H,4,10H2,1-3H3/t16-/m0/s1. The molecule has 0 saturated carbocycles. The smallest absolute Gasteiger partial charge is 0.329 e. The maximum Gasteiger partial charge on any atom is 0.329 e. The SMILES string of the molecule is CCOC(=O)[C@H](Cc1ccc(O)cc1)n1cc(C)cc1C. The first kappa shape index (κ1) is 15.2. The van der Waals surface area contributed by atoms with Gasteiger partial charge in [-0.1, -0.05) is 12.1 Å². The highest BCUT2D eigenvalue weighted by Crippen LogP contribution is 2.22. The van der Waals surface area contributed by atoms with Gasteiger partial charge in [0.1, 0.15) is 11.8 Å². The number of rotatable bonds is 5. The fraction of sp³-hybridized carbons (Fsp3) is 0.353. The molecule has 0 radical (unpaired) electrons. The molecule has 4 nitrogen and oxygen atoms in total. The van der Waals surface area contributed by atoms with Crippen LogP contribution in [0.2, 0.25) is 0 Å². The minimum Gasteiger partial charge on any atom is -0.508 e. The highest BCUT2D eigenvalue weighted by Gasteiger charge is 2.23. The van der Waals surface area contributed by atoms with E-state index in [1.807, 2.05) is 49.7 Å². The van der Waals surface area contributed by atoms with Crippen LogP contribution in [0.1, 0.15) is 29.8 Å². The Bertz CT molecular complexity index is 613. The Hall–Kier alpha value is -2.23. The summed E-state index contributed by atoms with van der Waals surface area (Å²) in [4.78, 5) is 12.3. The first-order chi connectivity index (χ1) is 10.0. The number of esters is 1. The Morgan fingerprint density at radius 1 is 1.29 bits per heavy atom. The minimum absolute atomic E-state index is 0.222. The molecule has 0 spiro atoms. The van der Waals surface area contributed by atoms with Crippen molar-refractivity contribution in [2.45, 2.75) is 33.2 Å². The van der Waals surface area contributed by atoms with Crippen molar-refractivity contribution in [3.63, 3.8) is 0 Å². The van der Waals surface area contributed by atoms with Gasteiger partial charge >= 0.3 is 5.97 Å². The van der Waals surface area contributed by atoms with Gasteiger partial charge in [0.25, 0.3) is 0 Å². The van der Waals surface area contributed by atoms with Crippen molar-refractivity contribution in [2.75, 3.05) is 6.61 Å². The molecule has 0 aliphatic rings. The third kappa shape index (κ3) is 3.66. The largest absolute Gasteiger partial charge is 0.508 e. The average molecular weight is 287 g/mol. The van der Waals surface area contributed by atoms with Crippen LogP contribution in [0.4, 0.5) is 0 Å². The number of phenolic OH excluding ortho intramolecular Hbond substituents is 1. The second-order valence-corrected chi connectivity index (χ2v) is 5.20. The van der Waals surface area contributed by atoms with E-state index in [-0.39, 0.29) is 17.8 Å². The number of phenols is 1. The molecule has 1 aromatic heterocycles. The molecule has 0 saturated heterocycles. The summed E-state index contributed by atoms with van der Waals surface area (Å²) in [5, 5.41) is 9.35. The van der Waals surface area contributed by atoms with Crippen molar-refractivity contribution in [3.8, 4) is 5.75 Å². The van der Waals surface area contributed by atoms with Crippen molar-refractivity contribution >= 4 is 5.97 Å². The predicted octanol–water partition coefficient (Wildman–Crippen LogP) is 3.16. The molecular formula is C17H21NO3. The molecule has 1 N–H and O–H groups in total. The molecule has 0 aliphatic heterocycles. The molecule has 2 rings (SSSR count). The monoisotopic (exact) mass is 287 g/mol. The second kappa shape index (κ2) is 6.48. The number of aromatic hydroxyl groups is 1. The molecular weight excluding hydrogens is 266 g/mol. The van der Waals surface area contributed by atoms with Crippen LogP contribution in [0.15, 0.2) is 36.5 Å². The lowest BCUT2D eigenvalue weighted by atomic mass is 10.1. The van der Waals surface area contributed by atoms with E-state index in [1.165, 1.54) is 0 Å². The lowest BCUT2D eigenvalue weighted by Crippen LogP contribution is -2.24. The van der Waals surface area contributed by atoms with Crippen molar-refractivity contribution < 1.29 is 14.6 Å². The van der Waals surface area contributed by atoms with Crippen LogP contribution in [0.5, 0.6) is 5.75 Å². The van der Waals surface area contributed by atoms with Gasteiger partial charge < -0.3 is 14.4 Å². The van der Waals surface area contributed by atoms with Gasteiger partial charge in [-0.25, -0.2) is 4.79 Å². The van der Waals surface area contributed by atoms with E-state index < -0.39 is 0 Å². The topological polar surface area (TPSA) is 51.5 Å². The van der Waals surface area contributed by atoms with E-state index in [0.717, 1.165) is 16.8 Å². The number of ether oxygens (including phenoxy) is 1. The van der Waals surface area contributed by atoms with Crippen molar-refractivity contribution in [1.29, 1.82) is 0 Å². The minimum atomic E-state index is -0.386.